The number of hydrogen-bond acceptors (Lipinski definition) is 1. The van der Waals surface area contributed by atoms with Gasteiger partial charge in [-0.3, -0.25) is 0 Å². The lowest BCUT2D eigenvalue weighted by Crippen LogP contribution is -2.24. The molecule has 0 bridgehead atoms. The first-order valence-electron chi connectivity index (χ1n) is 5.53. The average Bonchev–Trinajstić information content (AvgIpc) is 2.22. The zero-order valence-corrected chi connectivity index (χ0v) is 11.5. The number of rotatable bonds is 4. The maximum atomic E-state index is 13.0. The van der Waals surface area contributed by atoms with Crippen LogP contribution in [0.2, 0.25) is 0 Å². The van der Waals surface area contributed by atoms with Gasteiger partial charge in [-0.25, -0.2) is 4.39 Å². The summed E-state index contributed by atoms with van der Waals surface area (Å²) in [5.41, 5.74) is 0.952. The fourth-order valence-corrected chi connectivity index (χ4v) is 1.96. The first-order chi connectivity index (χ1) is 7.41. The molecule has 0 saturated carbocycles. The van der Waals surface area contributed by atoms with Gasteiger partial charge in [0.15, 0.2) is 0 Å². The normalized spacial score (nSPS) is 15.2. The average molecular weight is 289 g/mol. The third kappa shape index (κ3) is 3.56. The Labute approximate surface area is 105 Å². The molecule has 0 spiro atoms. The minimum absolute atomic E-state index is 0.240. The van der Waals surface area contributed by atoms with Crippen LogP contribution in [0.15, 0.2) is 22.7 Å². The zero-order valence-electron chi connectivity index (χ0n) is 9.87. The highest BCUT2D eigenvalue weighted by molar-refractivity contribution is 9.10. The molecule has 0 fully saturated rings. The summed E-state index contributed by atoms with van der Waals surface area (Å²) in [6.07, 6.45) is 0.190. The summed E-state index contributed by atoms with van der Waals surface area (Å²) in [5.74, 6) is 0.415. The quantitative estimate of drug-likeness (QED) is 0.894. The molecule has 0 aliphatic rings. The van der Waals surface area contributed by atoms with Crippen LogP contribution in [0.25, 0.3) is 0 Å². The molecular weight excluding hydrogens is 271 g/mol. The summed E-state index contributed by atoms with van der Waals surface area (Å²) in [7, 11) is 0. The monoisotopic (exact) mass is 288 g/mol. The molecule has 0 aliphatic carbocycles. The van der Waals surface area contributed by atoms with Crippen molar-refractivity contribution < 1.29 is 9.50 Å². The summed E-state index contributed by atoms with van der Waals surface area (Å²) >= 11 is 3.15. The number of halogens is 2. The minimum atomic E-state index is -0.377. The van der Waals surface area contributed by atoms with E-state index in [-0.39, 0.29) is 17.8 Å². The molecule has 0 aromatic heterocycles. The summed E-state index contributed by atoms with van der Waals surface area (Å²) in [5, 5.41) is 9.99. The van der Waals surface area contributed by atoms with Crippen molar-refractivity contribution in [2.24, 2.45) is 11.8 Å². The predicted molar refractivity (Wildman–Crippen MR) is 67.8 cm³/mol. The molecule has 1 rings (SSSR count). The van der Waals surface area contributed by atoms with Gasteiger partial charge in [0.25, 0.3) is 0 Å². The molecule has 16 heavy (non-hydrogen) atoms. The van der Waals surface area contributed by atoms with Crippen molar-refractivity contribution in [3.63, 3.8) is 0 Å². The second kappa shape index (κ2) is 5.78. The Balaban J connectivity index is 2.69. The van der Waals surface area contributed by atoms with E-state index in [1.807, 2.05) is 6.92 Å². The third-order valence-corrected chi connectivity index (χ3v) is 3.70. The van der Waals surface area contributed by atoms with Gasteiger partial charge in [0.05, 0.1) is 10.6 Å². The van der Waals surface area contributed by atoms with Gasteiger partial charge in [0.2, 0.25) is 0 Å². The fourth-order valence-electron chi connectivity index (χ4n) is 1.54. The van der Waals surface area contributed by atoms with E-state index in [9.17, 15) is 9.50 Å². The molecule has 0 radical (unpaired) electrons. The van der Waals surface area contributed by atoms with Gasteiger partial charge in [-0.1, -0.05) is 26.8 Å². The third-order valence-electron chi connectivity index (χ3n) is 3.09. The molecule has 1 N–H and O–H groups in total. The van der Waals surface area contributed by atoms with Crippen molar-refractivity contribution in [3.05, 3.63) is 34.1 Å². The Morgan fingerprint density at radius 2 is 1.94 bits per heavy atom. The largest absolute Gasteiger partial charge is 0.392 e. The van der Waals surface area contributed by atoms with Crippen LogP contribution in [0.3, 0.4) is 0 Å². The second-order valence-corrected chi connectivity index (χ2v) is 5.48. The van der Waals surface area contributed by atoms with E-state index in [1.165, 1.54) is 6.07 Å². The van der Waals surface area contributed by atoms with E-state index in [2.05, 4.69) is 29.8 Å². The molecule has 2 atom stereocenters. The molecule has 2 unspecified atom stereocenters. The van der Waals surface area contributed by atoms with Crippen molar-refractivity contribution in [1.29, 1.82) is 0 Å². The van der Waals surface area contributed by atoms with Crippen molar-refractivity contribution in [2.45, 2.75) is 33.3 Å². The smallest absolute Gasteiger partial charge is 0.137 e. The van der Waals surface area contributed by atoms with Crippen molar-refractivity contribution in [1.82, 2.24) is 0 Å². The molecule has 0 heterocycles. The minimum Gasteiger partial charge on any atom is -0.392 e. The van der Waals surface area contributed by atoms with Crippen LogP contribution in [0.5, 0.6) is 0 Å². The van der Waals surface area contributed by atoms with Crippen molar-refractivity contribution in [3.8, 4) is 0 Å². The van der Waals surface area contributed by atoms with Gasteiger partial charge in [-0.05, 0) is 51.9 Å². The number of hydrogen-bond donors (Lipinski definition) is 1. The molecule has 0 amide bonds. The van der Waals surface area contributed by atoms with Gasteiger partial charge in [-0.2, -0.15) is 0 Å². The van der Waals surface area contributed by atoms with Gasteiger partial charge >= 0.3 is 0 Å². The van der Waals surface area contributed by atoms with Gasteiger partial charge < -0.3 is 5.11 Å². The first-order valence-corrected chi connectivity index (χ1v) is 6.33. The summed E-state index contributed by atoms with van der Waals surface area (Å²) in [4.78, 5) is 0. The van der Waals surface area contributed by atoms with E-state index in [0.717, 1.165) is 5.56 Å². The zero-order chi connectivity index (χ0) is 12.3. The molecule has 90 valence electrons. The second-order valence-electron chi connectivity index (χ2n) is 4.62. The number of aliphatic hydroxyl groups excluding tert-OH is 1. The summed E-state index contributed by atoms with van der Waals surface area (Å²) in [6, 6.07) is 4.87. The summed E-state index contributed by atoms with van der Waals surface area (Å²) < 4.78 is 13.5. The lowest BCUT2D eigenvalue weighted by atomic mass is 9.89. The van der Waals surface area contributed by atoms with Crippen LogP contribution < -0.4 is 0 Å². The molecular formula is C13H18BrFO. The number of aliphatic hydroxyl groups is 1. The predicted octanol–water partition coefficient (Wildman–Crippen LogP) is 3.78. The Hall–Kier alpha value is -0.410. The van der Waals surface area contributed by atoms with Crippen LogP contribution >= 0.6 is 15.9 Å². The van der Waals surface area contributed by atoms with Crippen molar-refractivity contribution >= 4 is 15.9 Å². The number of benzene rings is 1. The Morgan fingerprint density at radius 1 is 1.31 bits per heavy atom. The first kappa shape index (κ1) is 13.7. The molecule has 1 aromatic rings. The van der Waals surface area contributed by atoms with Crippen LogP contribution in [-0.4, -0.2) is 11.2 Å². The highest BCUT2D eigenvalue weighted by Gasteiger charge is 2.18. The van der Waals surface area contributed by atoms with E-state index in [1.54, 1.807) is 12.1 Å². The van der Waals surface area contributed by atoms with Gasteiger partial charge in [0.1, 0.15) is 5.82 Å². The van der Waals surface area contributed by atoms with E-state index >= 15 is 0 Å². The maximum Gasteiger partial charge on any atom is 0.137 e. The highest BCUT2D eigenvalue weighted by Crippen LogP contribution is 2.21. The van der Waals surface area contributed by atoms with E-state index in [4.69, 9.17) is 0 Å². The van der Waals surface area contributed by atoms with E-state index < -0.39 is 0 Å². The maximum absolute atomic E-state index is 13.0. The van der Waals surface area contributed by atoms with Crippen LogP contribution in [0, 0.1) is 17.7 Å². The van der Waals surface area contributed by atoms with Gasteiger partial charge in [0, 0.05) is 0 Å². The lowest BCUT2D eigenvalue weighted by Gasteiger charge is -2.22. The lowest BCUT2D eigenvalue weighted by molar-refractivity contribution is 0.0921. The molecule has 0 aliphatic heterocycles. The van der Waals surface area contributed by atoms with Crippen LogP contribution in [0.1, 0.15) is 26.3 Å². The molecule has 1 nitrogen and oxygen atoms in total. The standard InChI is InChI=1S/C13H18BrFO/c1-8(2)9(3)13(16)7-10-4-5-12(15)11(14)6-10/h4-6,8-9,13,16H,7H2,1-3H3. The Kier molecular flexibility index (Phi) is 4.93. The topological polar surface area (TPSA) is 20.2 Å². The van der Waals surface area contributed by atoms with Crippen molar-refractivity contribution in [2.75, 3.05) is 0 Å². The fraction of sp³-hybridized carbons (Fsp3) is 0.538. The van der Waals surface area contributed by atoms with Crippen LogP contribution in [0.4, 0.5) is 4.39 Å². The highest BCUT2D eigenvalue weighted by atomic mass is 79.9. The Bertz CT molecular complexity index is 352. The summed E-state index contributed by atoms with van der Waals surface area (Å²) in [6.45, 7) is 6.22. The molecule has 0 saturated heterocycles. The van der Waals surface area contributed by atoms with Gasteiger partial charge in [-0.15, -0.1) is 0 Å². The SMILES string of the molecule is CC(C)C(C)C(O)Cc1ccc(F)c(Br)c1. The van der Waals surface area contributed by atoms with E-state index in [0.29, 0.717) is 16.8 Å². The molecule has 1 aromatic carbocycles. The Morgan fingerprint density at radius 3 is 2.44 bits per heavy atom. The van der Waals surface area contributed by atoms with Crippen LogP contribution in [-0.2, 0) is 6.42 Å². The molecule has 3 heteroatoms.